The van der Waals surface area contributed by atoms with Crippen molar-refractivity contribution in [2.75, 3.05) is 33.5 Å². The molecule has 1 aromatic rings. The Morgan fingerprint density at radius 2 is 2.11 bits per heavy atom. The third kappa shape index (κ3) is 6.36. The molecular formula is C14H22ClNO2. The Kier molecular flexibility index (Phi) is 8.01. The summed E-state index contributed by atoms with van der Waals surface area (Å²) in [6.07, 6.45) is 0.945. The summed E-state index contributed by atoms with van der Waals surface area (Å²) in [7, 11) is 1.70. The molecule has 0 heterocycles. The maximum Gasteiger partial charge on any atom is 0.0591 e. The minimum absolute atomic E-state index is 0.284. The molecule has 0 aliphatic heterocycles. The maximum absolute atomic E-state index is 5.96. The van der Waals surface area contributed by atoms with Crippen LogP contribution in [-0.2, 0) is 9.47 Å². The number of nitrogens with one attached hydrogen (secondary N) is 1. The minimum Gasteiger partial charge on any atom is -0.385 e. The van der Waals surface area contributed by atoms with Gasteiger partial charge in [-0.3, -0.25) is 0 Å². The number of hydrogen-bond donors (Lipinski definition) is 1. The molecule has 0 aromatic heterocycles. The van der Waals surface area contributed by atoms with Crippen molar-refractivity contribution in [3.63, 3.8) is 0 Å². The number of benzene rings is 1. The lowest BCUT2D eigenvalue weighted by Gasteiger charge is -2.14. The number of ether oxygens (including phenoxy) is 2. The molecule has 0 aliphatic rings. The molecule has 0 amide bonds. The molecule has 1 atom stereocenters. The van der Waals surface area contributed by atoms with Crippen molar-refractivity contribution in [2.24, 2.45) is 0 Å². The molecule has 0 saturated heterocycles. The van der Waals surface area contributed by atoms with Gasteiger partial charge in [-0.05, 0) is 31.0 Å². The van der Waals surface area contributed by atoms with Crippen molar-refractivity contribution in [1.82, 2.24) is 5.32 Å². The maximum atomic E-state index is 5.96. The van der Waals surface area contributed by atoms with E-state index in [0.717, 1.165) is 31.2 Å². The van der Waals surface area contributed by atoms with Crippen LogP contribution in [0.2, 0.25) is 5.02 Å². The second-order valence-electron chi connectivity index (χ2n) is 4.19. The van der Waals surface area contributed by atoms with Crippen LogP contribution >= 0.6 is 11.6 Å². The van der Waals surface area contributed by atoms with Crippen molar-refractivity contribution in [1.29, 1.82) is 0 Å². The molecule has 1 rings (SSSR count). The van der Waals surface area contributed by atoms with E-state index in [1.54, 1.807) is 7.11 Å². The summed E-state index contributed by atoms with van der Waals surface area (Å²) in [5.41, 5.74) is 1.20. The Hall–Kier alpha value is -0.610. The van der Waals surface area contributed by atoms with Gasteiger partial charge in [0.05, 0.1) is 6.61 Å². The standard InChI is InChI=1S/C14H22ClNO2/c1-12(13-5-3-6-14(15)11-13)16-7-10-18-9-4-8-17-2/h3,5-6,11-12,16H,4,7-10H2,1-2H3/t12-/m1/s1. The molecule has 0 radical (unpaired) electrons. The first-order valence-electron chi connectivity index (χ1n) is 6.29. The fourth-order valence-electron chi connectivity index (χ4n) is 1.65. The molecule has 3 nitrogen and oxygen atoms in total. The van der Waals surface area contributed by atoms with Crippen molar-refractivity contribution >= 4 is 11.6 Å². The first kappa shape index (κ1) is 15.4. The minimum atomic E-state index is 0.284. The Labute approximate surface area is 114 Å². The number of halogens is 1. The molecule has 0 saturated carbocycles. The van der Waals surface area contributed by atoms with Crippen molar-refractivity contribution in [3.05, 3.63) is 34.9 Å². The molecule has 1 N–H and O–H groups in total. The van der Waals surface area contributed by atoms with Crippen LogP contribution in [0.25, 0.3) is 0 Å². The summed E-state index contributed by atoms with van der Waals surface area (Å²) in [6.45, 7) is 5.18. The molecule has 0 aliphatic carbocycles. The molecule has 1 aromatic carbocycles. The summed E-state index contributed by atoms with van der Waals surface area (Å²) < 4.78 is 10.4. The number of hydrogen-bond acceptors (Lipinski definition) is 3. The zero-order valence-corrected chi connectivity index (χ0v) is 11.9. The fourth-order valence-corrected chi connectivity index (χ4v) is 1.85. The highest BCUT2D eigenvalue weighted by molar-refractivity contribution is 6.30. The number of methoxy groups -OCH3 is 1. The van der Waals surface area contributed by atoms with Gasteiger partial charge in [0.25, 0.3) is 0 Å². The summed E-state index contributed by atoms with van der Waals surface area (Å²) in [5.74, 6) is 0. The van der Waals surface area contributed by atoms with E-state index in [2.05, 4.69) is 18.3 Å². The zero-order chi connectivity index (χ0) is 13.2. The normalized spacial score (nSPS) is 12.6. The van der Waals surface area contributed by atoms with E-state index in [0.29, 0.717) is 6.61 Å². The Morgan fingerprint density at radius 1 is 1.28 bits per heavy atom. The monoisotopic (exact) mass is 271 g/mol. The lowest BCUT2D eigenvalue weighted by Crippen LogP contribution is -2.23. The van der Waals surface area contributed by atoms with Crippen LogP contribution in [0.3, 0.4) is 0 Å². The lowest BCUT2D eigenvalue weighted by molar-refractivity contribution is 0.103. The van der Waals surface area contributed by atoms with Crippen LogP contribution in [0.5, 0.6) is 0 Å². The van der Waals surface area contributed by atoms with Crippen LogP contribution in [0.15, 0.2) is 24.3 Å². The van der Waals surface area contributed by atoms with E-state index in [9.17, 15) is 0 Å². The van der Waals surface area contributed by atoms with Gasteiger partial charge < -0.3 is 14.8 Å². The average Bonchev–Trinajstić information content (AvgIpc) is 2.37. The second-order valence-corrected chi connectivity index (χ2v) is 4.63. The molecule has 18 heavy (non-hydrogen) atoms. The van der Waals surface area contributed by atoms with E-state index < -0.39 is 0 Å². The van der Waals surface area contributed by atoms with Gasteiger partial charge in [-0.1, -0.05) is 23.7 Å². The molecule has 0 unspecified atom stereocenters. The van der Waals surface area contributed by atoms with Gasteiger partial charge in [0, 0.05) is 37.9 Å². The highest BCUT2D eigenvalue weighted by Crippen LogP contribution is 2.16. The van der Waals surface area contributed by atoms with Gasteiger partial charge in [-0.2, -0.15) is 0 Å². The van der Waals surface area contributed by atoms with Gasteiger partial charge in [-0.15, -0.1) is 0 Å². The van der Waals surface area contributed by atoms with Crippen LogP contribution in [-0.4, -0.2) is 33.5 Å². The lowest BCUT2D eigenvalue weighted by atomic mass is 10.1. The Balaban J connectivity index is 2.12. The largest absolute Gasteiger partial charge is 0.385 e. The average molecular weight is 272 g/mol. The van der Waals surface area contributed by atoms with Crippen LogP contribution in [0.4, 0.5) is 0 Å². The zero-order valence-electron chi connectivity index (χ0n) is 11.1. The summed E-state index contributed by atoms with van der Waals surface area (Å²) in [6, 6.07) is 8.20. The first-order valence-corrected chi connectivity index (χ1v) is 6.67. The van der Waals surface area contributed by atoms with E-state index in [4.69, 9.17) is 21.1 Å². The van der Waals surface area contributed by atoms with E-state index >= 15 is 0 Å². The van der Waals surface area contributed by atoms with Gasteiger partial charge >= 0.3 is 0 Å². The smallest absolute Gasteiger partial charge is 0.0591 e. The molecule has 0 fully saturated rings. The van der Waals surface area contributed by atoms with Gasteiger partial charge in [0.1, 0.15) is 0 Å². The van der Waals surface area contributed by atoms with Gasteiger partial charge in [0.2, 0.25) is 0 Å². The number of rotatable bonds is 9. The molecular weight excluding hydrogens is 250 g/mol. The van der Waals surface area contributed by atoms with Crippen molar-refractivity contribution in [3.8, 4) is 0 Å². The topological polar surface area (TPSA) is 30.5 Å². The highest BCUT2D eigenvalue weighted by Gasteiger charge is 2.04. The summed E-state index contributed by atoms with van der Waals surface area (Å²) in [5, 5.41) is 4.18. The quantitative estimate of drug-likeness (QED) is 0.701. The van der Waals surface area contributed by atoms with E-state index in [-0.39, 0.29) is 6.04 Å². The van der Waals surface area contributed by atoms with Gasteiger partial charge in [0.15, 0.2) is 0 Å². The van der Waals surface area contributed by atoms with Crippen LogP contribution < -0.4 is 5.32 Å². The van der Waals surface area contributed by atoms with E-state index in [1.807, 2.05) is 18.2 Å². The summed E-state index contributed by atoms with van der Waals surface area (Å²) >= 11 is 5.96. The second kappa shape index (κ2) is 9.34. The summed E-state index contributed by atoms with van der Waals surface area (Å²) in [4.78, 5) is 0. The predicted molar refractivity (Wildman–Crippen MR) is 75.2 cm³/mol. The van der Waals surface area contributed by atoms with Gasteiger partial charge in [-0.25, -0.2) is 0 Å². The van der Waals surface area contributed by atoms with E-state index in [1.165, 1.54) is 5.56 Å². The molecule has 102 valence electrons. The third-order valence-corrected chi connectivity index (χ3v) is 2.92. The molecule has 0 spiro atoms. The highest BCUT2D eigenvalue weighted by atomic mass is 35.5. The fraction of sp³-hybridized carbons (Fsp3) is 0.571. The first-order chi connectivity index (χ1) is 8.74. The Morgan fingerprint density at radius 3 is 2.83 bits per heavy atom. The van der Waals surface area contributed by atoms with Crippen LogP contribution in [0, 0.1) is 0 Å². The third-order valence-electron chi connectivity index (χ3n) is 2.68. The molecule has 0 bridgehead atoms. The Bertz CT molecular complexity index is 333. The van der Waals surface area contributed by atoms with Crippen molar-refractivity contribution < 1.29 is 9.47 Å². The van der Waals surface area contributed by atoms with Crippen molar-refractivity contribution in [2.45, 2.75) is 19.4 Å². The van der Waals surface area contributed by atoms with Crippen LogP contribution in [0.1, 0.15) is 24.9 Å². The molecule has 4 heteroatoms. The SMILES string of the molecule is COCCCOCCN[C@H](C)c1cccc(Cl)c1. The predicted octanol–water partition coefficient (Wildman–Crippen LogP) is 3.04.